The first-order valence-corrected chi connectivity index (χ1v) is 6.84. The predicted molar refractivity (Wildman–Crippen MR) is 73.5 cm³/mol. The van der Waals surface area contributed by atoms with Gasteiger partial charge in [0.25, 0.3) is 0 Å². The van der Waals surface area contributed by atoms with Gasteiger partial charge >= 0.3 is 5.97 Å². The number of rotatable bonds is 3. The fourth-order valence-electron chi connectivity index (χ4n) is 2.76. The zero-order chi connectivity index (χ0) is 14.0. The summed E-state index contributed by atoms with van der Waals surface area (Å²) < 4.78 is 0. The van der Waals surface area contributed by atoms with Crippen LogP contribution in [-0.2, 0) is 11.2 Å². The molecule has 1 unspecified atom stereocenters. The second kappa shape index (κ2) is 5.55. The second-order valence-electron chi connectivity index (χ2n) is 5.14. The van der Waals surface area contributed by atoms with Gasteiger partial charge in [0.2, 0.25) is 0 Å². The molecule has 1 saturated heterocycles. The molecule has 1 aromatic rings. The summed E-state index contributed by atoms with van der Waals surface area (Å²) in [5.74, 6) is 0.694. The minimum atomic E-state index is -0.703. The molecule has 0 bridgehead atoms. The summed E-state index contributed by atoms with van der Waals surface area (Å²) in [7, 11) is 0. The minimum absolute atomic E-state index is 0.283. The molecule has 1 N–H and O–H groups in total. The lowest BCUT2D eigenvalue weighted by Crippen LogP contribution is -2.39. The zero-order valence-electron chi connectivity index (χ0n) is 11.8. The van der Waals surface area contributed by atoms with Gasteiger partial charge in [0.05, 0.1) is 5.92 Å². The van der Waals surface area contributed by atoms with Crippen LogP contribution < -0.4 is 4.90 Å². The quantitative estimate of drug-likeness (QED) is 0.903. The van der Waals surface area contributed by atoms with Crippen molar-refractivity contribution in [2.24, 2.45) is 5.92 Å². The number of aromatic nitrogens is 2. The number of carboxylic acid groups (broad SMARTS) is 1. The minimum Gasteiger partial charge on any atom is -0.481 e. The van der Waals surface area contributed by atoms with E-state index in [0.29, 0.717) is 6.54 Å². The average molecular weight is 263 g/mol. The first kappa shape index (κ1) is 13.8. The Balaban J connectivity index is 2.32. The maximum Gasteiger partial charge on any atom is 0.308 e. The third-order valence-electron chi connectivity index (χ3n) is 3.73. The van der Waals surface area contributed by atoms with Crippen LogP contribution in [0.15, 0.2) is 0 Å². The van der Waals surface area contributed by atoms with Crippen LogP contribution in [-0.4, -0.2) is 34.1 Å². The van der Waals surface area contributed by atoms with Crippen molar-refractivity contribution in [1.82, 2.24) is 9.97 Å². The van der Waals surface area contributed by atoms with Gasteiger partial charge in [-0.05, 0) is 33.1 Å². The molecule has 5 nitrogen and oxygen atoms in total. The molecule has 19 heavy (non-hydrogen) atoms. The van der Waals surface area contributed by atoms with E-state index in [2.05, 4.69) is 21.8 Å². The van der Waals surface area contributed by atoms with Crippen LogP contribution in [0.3, 0.4) is 0 Å². The fourth-order valence-corrected chi connectivity index (χ4v) is 2.76. The van der Waals surface area contributed by atoms with Crippen molar-refractivity contribution in [2.75, 3.05) is 18.0 Å². The Bertz CT molecular complexity index is 488. The molecule has 0 amide bonds. The first-order valence-electron chi connectivity index (χ1n) is 6.84. The van der Waals surface area contributed by atoms with E-state index in [1.54, 1.807) is 0 Å². The molecule has 0 saturated carbocycles. The fraction of sp³-hybridized carbons (Fsp3) is 0.643. The van der Waals surface area contributed by atoms with Crippen LogP contribution in [0, 0.1) is 19.8 Å². The van der Waals surface area contributed by atoms with Crippen LogP contribution in [0.25, 0.3) is 0 Å². The monoisotopic (exact) mass is 263 g/mol. The van der Waals surface area contributed by atoms with E-state index in [0.717, 1.165) is 48.7 Å². The first-order chi connectivity index (χ1) is 9.02. The Kier molecular flexibility index (Phi) is 4.02. The summed E-state index contributed by atoms with van der Waals surface area (Å²) in [4.78, 5) is 22.2. The largest absolute Gasteiger partial charge is 0.481 e. The number of aryl methyl sites for hydroxylation is 2. The normalized spacial score (nSPS) is 19.5. The number of piperidine rings is 1. The molecule has 0 aliphatic carbocycles. The molecule has 1 atom stereocenters. The van der Waals surface area contributed by atoms with E-state index < -0.39 is 5.97 Å². The summed E-state index contributed by atoms with van der Waals surface area (Å²) in [6, 6.07) is 0. The van der Waals surface area contributed by atoms with E-state index >= 15 is 0 Å². The van der Waals surface area contributed by atoms with E-state index in [-0.39, 0.29) is 5.92 Å². The van der Waals surface area contributed by atoms with Gasteiger partial charge in [0, 0.05) is 24.3 Å². The van der Waals surface area contributed by atoms with Crippen molar-refractivity contribution >= 4 is 11.8 Å². The number of hydrogen-bond donors (Lipinski definition) is 1. The molecular formula is C14H21N3O2. The molecule has 0 aromatic carbocycles. The molecule has 2 rings (SSSR count). The summed E-state index contributed by atoms with van der Waals surface area (Å²) in [6.07, 6.45) is 2.54. The van der Waals surface area contributed by atoms with Crippen LogP contribution in [0.5, 0.6) is 0 Å². The van der Waals surface area contributed by atoms with Crippen molar-refractivity contribution in [3.05, 3.63) is 17.1 Å². The van der Waals surface area contributed by atoms with Gasteiger partial charge in [-0.3, -0.25) is 4.79 Å². The summed E-state index contributed by atoms with van der Waals surface area (Å²) in [5.41, 5.74) is 2.14. The average Bonchev–Trinajstić information content (AvgIpc) is 2.38. The van der Waals surface area contributed by atoms with Gasteiger partial charge in [-0.25, -0.2) is 9.97 Å². The van der Waals surface area contributed by atoms with Crippen LogP contribution >= 0.6 is 0 Å². The van der Waals surface area contributed by atoms with Crippen LogP contribution in [0.4, 0.5) is 5.82 Å². The molecule has 2 heterocycles. The van der Waals surface area contributed by atoms with Gasteiger partial charge in [-0.2, -0.15) is 0 Å². The number of anilines is 1. The summed E-state index contributed by atoms with van der Waals surface area (Å²) in [6.45, 7) is 7.40. The smallest absolute Gasteiger partial charge is 0.308 e. The lowest BCUT2D eigenvalue weighted by atomic mass is 9.97. The Labute approximate surface area is 113 Å². The Morgan fingerprint density at radius 3 is 2.79 bits per heavy atom. The third-order valence-corrected chi connectivity index (χ3v) is 3.73. The number of hydrogen-bond acceptors (Lipinski definition) is 4. The zero-order valence-corrected chi connectivity index (χ0v) is 11.8. The molecule has 0 spiro atoms. The summed E-state index contributed by atoms with van der Waals surface area (Å²) >= 11 is 0. The maximum atomic E-state index is 11.2. The molecule has 0 radical (unpaired) electrons. The van der Waals surface area contributed by atoms with E-state index in [1.807, 2.05) is 13.8 Å². The van der Waals surface area contributed by atoms with Gasteiger partial charge in [0.1, 0.15) is 11.6 Å². The molecule has 104 valence electrons. The number of aliphatic carboxylic acids is 1. The number of carboxylic acids is 1. The van der Waals surface area contributed by atoms with E-state index in [9.17, 15) is 9.90 Å². The highest BCUT2D eigenvalue weighted by Crippen LogP contribution is 2.26. The molecule has 5 heteroatoms. The molecule has 1 aliphatic rings. The topological polar surface area (TPSA) is 66.3 Å². The van der Waals surface area contributed by atoms with Crippen molar-refractivity contribution < 1.29 is 9.90 Å². The number of nitrogens with zero attached hydrogens (tertiary/aromatic N) is 3. The van der Waals surface area contributed by atoms with Gasteiger partial charge in [-0.1, -0.05) is 6.92 Å². The Hall–Kier alpha value is -1.65. The Morgan fingerprint density at radius 1 is 1.42 bits per heavy atom. The summed E-state index contributed by atoms with van der Waals surface area (Å²) in [5, 5.41) is 9.18. The molecule has 1 fully saturated rings. The standard InChI is InChI=1S/C14H21N3O2/c1-4-12-9(2)15-10(3)16-13(12)17-7-5-6-11(8-17)14(18)19/h11H,4-8H2,1-3H3,(H,18,19). The van der Waals surface area contributed by atoms with Crippen molar-refractivity contribution in [2.45, 2.75) is 40.0 Å². The molecule has 1 aliphatic heterocycles. The highest BCUT2D eigenvalue weighted by molar-refractivity contribution is 5.71. The molecular weight excluding hydrogens is 242 g/mol. The van der Waals surface area contributed by atoms with E-state index in [1.165, 1.54) is 0 Å². The predicted octanol–water partition coefficient (Wildman–Crippen LogP) is 1.96. The number of carbonyl (C=O) groups is 1. The van der Waals surface area contributed by atoms with Crippen LogP contribution in [0.2, 0.25) is 0 Å². The Morgan fingerprint density at radius 2 is 2.16 bits per heavy atom. The van der Waals surface area contributed by atoms with Crippen LogP contribution in [0.1, 0.15) is 36.8 Å². The second-order valence-corrected chi connectivity index (χ2v) is 5.14. The lowest BCUT2D eigenvalue weighted by Gasteiger charge is -2.33. The molecule has 1 aromatic heterocycles. The van der Waals surface area contributed by atoms with Crippen molar-refractivity contribution in [3.63, 3.8) is 0 Å². The third kappa shape index (κ3) is 2.85. The van der Waals surface area contributed by atoms with Crippen molar-refractivity contribution in [3.8, 4) is 0 Å². The highest BCUT2D eigenvalue weighted by Gasteiger charge is 2.27. The van der Waals surface area contributed by atoms with Crippen molar-refractivity contribution in [1.29, 1.82) is 0 Å². The highest BCUT2D eigenvalue weighted by atomic mass is 16.4. The SMILES string of the molecule is CCc1c(C)nc(C)nc1N1CCCC(C(=O)O)C1. The van der Waals surface area contributed by atoms with Gasteiger partial charge in [0.15, 0.2) is 0 Å². The van der Waals surface area contributed by atoms with Gasteiger partial charge in [-0.15, -0.1) is 0 Å². The van der Waals surface area contributed by atoms with Gasteiger partial charge < -0.3 is 10.0 Å². The van der Waals surface area contributed by atoms with E-state index in [4.69, 9.17) is 0 Å². The lowest BCUT2D eigenvalue weighted by molar-refractivity contribution is -0.141. The maximum absolute atomic E-state index is 11.2.